The van der Waals surface area contributed by atoms with Crippen LogP contribution in [0.1, 0.15) is 32.3 Å². The Hall–Kier alpha value is -1.51. The van der Waals surface area contributed by atoms with Gasteiger partial charge in [0.1, 0.15) is 11.9 Å². The van der Waals surface area contributed by atoms with E-state index in [0.717, 1.165) is 5.56 Å². The van der Waals surface area contributed by atoms with E-state index in [1.165, 1.54) is 6.92 Å². The number of carboxylic acids is 1. The molecule has 0 saturated carbocycles. The third-order valence-corrected chi connectivity index (χ3v) is 2.18. The Kier molecular flexibility index (Phi) is 3.72. The van der Waals surface area contributed by atoms with Crippen molar-refractivity contribution in [3.8, 4) is 5.75 Å². The third kappa shape index (κ3) is 2.98. The smallest absolute Gasteiger partial charge is 0.135 e. The molecule has 1 rings (SSSR count). The van der Waals surface area contributed by atoms with Gasteiger partial charge < -0.3 is 14.6 Å². The molecule has 82 valence electrons. The van der Waals surface area contributed by atoms with Gasteiger partial charge in [0.25, 0.3) is 0 Å². The predicted octanol–water partition coefficient (Wildman–Crippen LogP) is 1.33. The van der Waals surface area contributed by atoms with Gasteiger partial charge in [-0.3, -0.25) is 0 Å². The molecule has 0 aliphatic carbocycles. The zero-order chi connectivity index (χ0) is 11.4. The normalized spacial score (nSPS) is 12.5. The van der Waals surface area contributed by atoms with E-state index in [-0.39, 0.29) is 0 Å². The first-order valence-electron chi connectivity index (χ1n) is 4.98. The molecule has 15 heavy (non-hydrogen) atoms. The van der Waals surface area contributed by atoms with Gasteiger partial charge in [-0.25, -0.2) is 0 Å². The summed E-state index contributed by atoms with van der Waals surface area (Å²) < 4.78 is 5.31. The second-order valence-corrected chi connectivity index (χ2v) is 3.77. The van der Waals surface area contributed by atoms with E-state index in [1.54, 1.807) is 6.07 Å². The number of para-hydroxylation sites is 1. The van der Waals surface area contributed by atoms with E-state index >= 15 is 0 Å². The Labute approximate surface area is 89.7 Å². The number of ether oxygens (including phenoxy) is 1. The van der Waals surface area contributed by atoms with Crippen LogP contribution in [-0.2, 0) is 4.79 Å². The fourth-order valence-electron chi connectivity index (χ4n) is 1.30. The molecule has 0 amide bonds. The Morgan fingerprint density at radius 1 is 1.27 bits per heavy atom. The Morgan fingerprint density at radius 3 is 2.40 bits per heavy atom. The molecule has 1 aromatic carbocycles. The summed E-state index contributed by atoms with van der Waals surface area (Å²) in [6, 6.07) is 7.44. The molecule has 3 heteroatoms. The minimum Gasteiger partial charge on any atom is -0.546 e. The number of carboxylic acid groups (broad SMARTS) is 1. The molecule has 0 N–H and O–H groups in total. The van der Waals surface area contributed by atoms with Gasteiger partial charge in [-0.05, 0) is 24.5 Å². The van der Waals surface area contributed by atoms with Gasteiger partial charge in [0.2, 0.25) is 0 Å². The first-order chi connectivity index (χ1) is 7.02. The first-order valence-corrected chi connectivity index (χ1v) is 4.98. The van der Waals surface area contributed by atoms with Gasteiger partial charge in [0.15, 0.2) is 0 Å². The summed E-state index contributed by atoms with van der Waals surface area (Å²) in [7, 11) is 0. The summed E-state index contributed by atoms with van der Waals surface area (Å²) in [5.74, 6) is -0.284. The minimum absolute atomic E-state index is 0.301. The average Bonchev–Trinajstić information content (AvgIpc) is 2.18. The topological polar surface area (TPSA) is 49.4 Å². The molecule has 0 heterocycles. The molecule has 0 saturated heterocycles. The highest BCUT2D eigenvalue weighted by Gasteiger charge is 2.10. The fourth-order valence-corrected chi connectivity index (χ4v) is 1.30. The monoisotopic (exact) mass is 207 g/mol. The van der Waals surface area contributed by atoms with Crippen molar-refractivity contribution in [2.45, 2.75) is 32.8 Å². The van der Waals surface area contributed by atoms with Crippen molar-refractivity contribution in [3.63, 3.8) is 0 Å². The molecule has 1 aromatic rings. The Bertz CT molecular complexity index is 344. The number of aliphatic carboxylic acids is 1. The fraction of sp³-hybridized carbons (Fsp3) is 0.417. The van der Waals surface area contributed by atoms with E-state index in [9.17, 15) is 9.90 Å². The zero-order valence-corrected chi connectivity index (χ0v) is 9.19. The summed E-state index contributed by atoms with van der Waals surface area (Å²) in [5.41, 5.74) is 1.01. The maximum absolute atomic E-state index is 10.5. The molecule has 3 nitrogen and oxygen atoms in total. The van der Waals surface area contributed by atoms with Crippen LogP contribution in [0.15, 0.2) is 24.3 Å². The highest BCUT2D eigenvalue weighted by Crippen LogP contribution is 2.26. The first kappa shape index (κ1) is 11.6. The molecular weight excluding hydrogens is 192 g/mol. The van der Waals surface area contributed by atoms with Crippen molar-refractivity contribution < 1.29 is 14.6 Å². The lowest BCUT2D eigenvalue weighted by molar-refractivity contribution is -0.312. The van der Waals surface area contributed by atoms with Crippen LogP contribution in [0.2, 0.25) is 0 Å². The molecule has 0 aliphatic heterocycles. The Balaban J connectivity index is 2.89. The lowest BCUT2D eigenvalue weighted by atomic mass is 10.0. The van der Waals surface area contributed by atoms with Crippen LogP contribution in [0.25, 0.3) is 0 Å². The largest absolute Gasteiger partial charge is 0.546 e. The van der Waals surface area contributed by atoms with Crippen LogP contribution in [0.4, 0.5) is 0 Å². The molecule has 0 aromatic heterocycles. The summed E-state index contributed by atoms with van der Waals surface area (Å²) in [5, 5.41) is 10.5. The van der Waals surface area contributed by atoms with Crippen LogP contribution in [-0.4, -0.2) is 12.1 Å². The molecule has 0 radical (unpaired) electrons. The summed E-state index contributed by atoms with van der Waals surface area (Å²) in [6.07, 6.45) is -0.926. The second kappa shape index (κ2) is 4.82. The SMILES string of the molecule is CC(C)c1ccccc1O[C@@H](C)C(=O)[O-]. The van der Waals surface area contributed by atoms with Crippen molar-refractivity contribution in [1.82, 2.24) is 0 Å². The quantitative estimate of drug-likeness (QED) is 0.748. The second-order valence-electron chi connectivity index (χ2n) is 3.77. The Morgan fingerprint density at radius 2 is 1.87 bits per heavy atom. The van der Waals surface area contributed by atoms with Crippen molar-refractivity contribution in [2.75, 3.05) is 0 Å². The number of rotatable bonds is 4. The molecule has 1 atom stereocenters. The van der Waals surface area contributed by atoms with E-state index in [0.29, 0.717) is 11.7 Å². The zero-order valence-electron chi connectivity index (χ0n) is 9.19. The van der Waals surface area contributed by atoms with Crippen LogP contribution >= 0.6 is 0 Å². The highest BCUT2D eigenvalue weighted by molar-refractivity contribution is 5.70. The molecule has 0 unspecified atom stereocenters. The van der Waals surface area contributed by atoms with E-state index < -0.39 is 12.1 Å². The lowest BCUT2D eigenvalue weighted by Crippen LogP contribution is -2.37. The van der Waals surface area contributed by atoms with Gasteiger partial charge in [-0.15, -0.1) is 0 Å². The van der Waals surface area contributed by atoms with Crippen molar-refractivity contribution in [1.29, 1.82) is 0 Å². The number of carbonyl (C=O) groups excluding carboxylic acids is 1. The minimum atomic E-state index is -1.20. The standard InChI is InChI=1S/C12H16O3/c1-8(2)10-6-4-5-7-11(10)15-9(3)12(13)14/h4-9H,1-3H3,(H,13,14)/p-1/t9-/m0/s1. The summed E-state index contributed by atoms with van der Waals surface area (Å²) >= 11 is 0. The third-order valence-electron chi connectivity index (χ3n) is 2.18. The van der Waals surface area contributed by atoms with Gasteiger partial charge in [0.05, 0.1) is 5.97 Å². The number of benzene rings is 1. The lowest BCUT2D eigenvalue weighted by Gasteiger charge is -2.19. The van der Waals surface area contributed by atoms with Crippen LogP contribution in [0.5, 0.6) is 5.75 Å². The van der Waals surface area contributed by atoms with E-state index in [4.69, 9.17) is 4.74 Å². The van der Waals surface area contributed by atoms with Crippen LogP contribution in [0.3, 0.4) is 0 Å². The van der Waals surface area contributed by atoms with E-state index in [1.807, 2.05) is 32.0 Å². The van der Waals surface area contributed by atoms with E-state index in [2.05, 4.69) is 0 Å². The number of hydrogen-bond acceptors (Lipinski definition) is 3. The van der Waals surface area contributed by atoms with Crippen molar-refractivity contribution in [2.24, 2.45) is 0 Å². The van der Waals surface area contributed by atoms with Gasteiger partial charge in [-0.1, -0.05) is 32.0 Å². The number of carbonyl (C=O) groups is 1. The predicted molar refractivity (Wildman–Crippen MR) is 55.6 cm³/mol. The summed E-state index contributed by atoms with van der Waals surface area (Å²) in [6.45, 7) is 5.53. The molecule has 0 fully saturated rings. The molecule has 0 aliphatic rings. The highest BCUT2D eigenvalue weighted by atomic mass is 16.5. The molecular formula is C12H15O3-. The maximum atomic E-state index is 10.5. The van der Waals surface area contributed by atoms with Crippen LogP contribution in [0, 0.1) is 0 Å². The van der Waals surface area contributed by atoms with Crippen molar-refractivity contribution >= 4 is 5.97 Å². The number of hydrogen-bond donors (Lipinski definition) is 0. The van der Waals surface area contributed by atoms with Gasteiger partial charge in [-0.2, -0.15) is 0 Å². The molecule has 0 spiro atoms. The maximum Gasteiger partial charge on any atom is 0.135 e. The average molecular weight is 207 g/mol. The van der Waals surface area contributed by atoms with Gasteiger partial charge in [0, 0.05) is 0 Å². The van der Waals surface area contributed by atoms with Crippen molar-refractivity contribution in [3.05, 3.63) is 29.8 Å². The van der Waals surface area contributed by atoms with Gasteiger partial charge >= 0.3 is 0 Å². The molecule has 0 bridgehead atoms. The van der Waals surface area contributed by atoms with Crippen LogP contribution < -0.4 is 9.84 Å². The summed E-state index contributed by atoms with van der Waals surface area (Å²) in [4.78, 5) is 10.5.